The maximum absolute atomic E-state index is 13.8. The molecule has 0 aromatic carbocycles. The number of nitrogens with zero attached hydrogens (tertiary/aromatic N) is 2. The van der Waals surface area contributed by atoms with Crippen LogP contribution < -0.4 is 4.90 Å². The highest BCUT2D eigenvalue weighted by Crippen LogP contribution is 2.30. The first-order valence-electron chi connectivity index (χ1n) is 7.22. The molecule has 1 fully saturated rings. The molecule has 0 unspecified atom stereocenters. The van der Waals surface area contributed by atoms with Crippen LogP contribution >= 0.6 is 0 Å². The molecule has 2 aliphatic heterocycles. The van der Waals surface area contributed by atoms with Crippen molar-refractivity contribution in [2.45, 2.75) is 25.2 Å². The molecule has 0 bridgehead atoms. The predicted molar refractivity (Wildman–Crippen MR) is 76.7 cm³/mol. The van der Waals surface area contributed by atoms with Crippen molar-refractivity contribution < 1.29 is 18.3 Å². The van der Waals surface area contributed by atoms with Gasteiger partial charge in [0.25, 0.3) is 0 Å². The van der Waals surface area contributed by atoms with Crippen LogP contribution in [-0.4, -0.2) is 37.1 Å². The Morgan fingerprint density at radius 3 is 2.82 bits per heavy atom. The molecule has 6 heteroatoms. The smallest absolute Gasteiger partial charge is 0.315 e. The molecule has 0 aliphatic carbocycles. The van der Waals surface area contributed by atoms with Gasteiger partial charge in [-0.05, 0) is 36.3 Å². The van der Waals surface area contributed by atoms with Gasteiger partial charge >= 0.3 is 5.92 Å². The van der Waals surface area contributed by atoms with Crippen LogP contribution in [0, 0.1) is 17.8 Å². The highest BCUT2D eigenvalue weighted by molar-refractivity contribution is 5.93. The zero-order chi connectivity index (χ0) is 15.7. The van der Waals surface area contributed by atoms with Gasteiger partial charge < -0.3 is 4.74 Å². The Morgan fingerprint density at radius 1 is 1.36 bits per heavy atom. The molecule has 0 N–H and O–H groups in total. The van der Waals surface area contributed by atoms with Crippen LogP contribution in [-0.2, 0) is 16.0 Å². The number of pyridine rings is 1. The van der Waals surface area contributed by atoms with Gasteiger partial charge in [-0.1, -0.05) is 6.07 Å². The Balaban J connectivity index is 1.87. The summed E-state index contributed by atoms with van der Waals surface area (Å²) in [6.45, 7) is 0.0765. The van der Waals surface area contributed by atoms with Gasteiger partial charge in [0.15, 0.2) is 0 Å². The van der Waals surface area contributed by atoms with Crippen LogP contribution in [0.1, 0.15) is 24.1 Å². The number of fused-ring (bicyclic) bond motifs is 1. The Bertz CT molecular complexity index is 660. The van der Waals surface area contributed by atoms with Crippen molar-refractivity contribution in [1.82, 2.24) is 4.98 Å². The van der Waals surface area contributed by atoms with Crippen molar-refractivity contribution in [3.8, 4) is 11.8 Å². The molecule has 1 amide bonds. The fraction of sp³-hybridized carbons (Fsp3) is 0.500. The quantitative estimate of drug-likeness (QED) is 0.746. The highest BCUT2D eigenvalue weighted by Gasteiger charge is 2.42. The Morgan fingerprint density at radius 2 is 2.14 bits per heavy atom. The van der Waals surface area contributed by atoms with Crippen LogP contribution in [0.5, 0.6) is 0 Å². The minimum atomic E-state index is -3.07. The lowest BCUT2D eigenvalue weighted by Gasteiger charge is -2.29. The van der Waals surface area contributed by atoms with E-state index in [1.54, 1.807) is 13.1 Å². The third kappa shape index (κ3) is 2.81. The minimum absolute atomic E-state index is 0.0201. The zero-order valence-electron chi connectivity index (χ0n) is 12.2. The standard InChI is InChI=1S/C16H16F2N2O2/c1-20-14(21)4-2-3-11-5-6-13(19-15(11)20)7-8-16(17,18)12-9-22-10-12/h5-6,12H,2-4,9-10H2,1H3. The molecule has 0 saturated carbocycles. The Labute approximate surface area is 127 Å². The molecule has 0 radical (unpaired) electrons. The van der Waals surface area contributed by atoms with Crippen molar-refractivity contribution in [3.63, 3.8) is 0 Å². The second kappa shape index (κ2) is 5.65. The first-order valence-corrected chi connectivity index (χ1v) is 7.22. The normalized spacial score (nSPS) is 18.9. The summed E-state index contributed by atoms with van der Waals surface area (Å²) < 4.78 is 32.3. The van der Waals surface area contributed by atoms with Gasteiger partial charge in [-0.2, -0.15) is 8.78 Å². The number of rotatable bonds is 1. The summed E-state index contributed by atoms with van der Waals surface area (Å²) >= 11 is 0. The van der Waals surface area contributed by atoms with Crippen molar-refractivity contribution in [2.24, 2.45) is 5.92 Å². The number of carbonyl (C=O) groups is 1. The highest BCUT2D eigenvalue weighted by atomic mass is 19.3. The number of aromatic nitrogens is 1. The summed E-state index contributed by atoms with van der Waals surface area (Å²) in [4.78, 5) is 17.6. The number of alkyl halides is 2. The van der Waals surface area contributed by atoms with Gasteiger partial charge in [0.2, 0.25) is 5.91 Å². The van der Waals surface area contributed by atoms with Crippen LogP contribution in [0.25, 0.3) is 0 Å². The predicted octanol–water partition coefficient (Wildman–Crippen LogP) is 2.01. The van der Waals surface area contributed by atoms with Crippen molar-refractivity contribution in [2.75, 3.05) is 25.2 Å². The van der Waals surface area contributed by atoms with Gasteiger partial charge in [-0.15, -0.1) is 0 Å². The van der Waals surface area contributed by atoms with Crippen molar-refractivity contribution in [1.29, 1.82) is 0 Å². The molecule has 0 spiro atoms. The van der Waals surface area contributed by atoms with E-state index in [4.69, 9.17) is 4.74 Å². The number of ether oxygens (including phenoxy) is 1. The summed E-state index contributed by atoms with van der Waals surface area (Å²) in [5.74, 6) is 1.01. The molecule has 0 atom stereocenters. The second-order valence-electron chi connectivity index (χ2n) is 5.59. The molecule has 1 aromatic rings. The molecule has 1 aromatic heterocycles. The summed E-state index contributed by atoms with van der Waals surface area (Å²) in [5, 5.41) is 0. The third-order valence-corrected chi connectivity index (χ3v) is 3.99. The molecule has 4 nitrogen and oxygen atoms in total. The molecule has 1 saturated heterocycles. The summed E-state index contributed by atoms with van der Waals surface area (Å²) in [6.07, 6.45) is 1.98. The molecule has 3 rings (SSSR count). The Hall–Kier alpha value is -2.00. The molecule has 116 valence electrons. The van der Waals surface area contributed by atoms with E-state index in [0.29, 0.717) is 12.2 Å². The third-order valence-electron chi connectivity index (χ3n) is 3.99. The number of carbonyl (C=O) groups excluding carboxylic acids is 1. The number of amides is 1. The number of aryl methyl sites for hydroxylation is 1. The fourth-order valence-electron chi connectivity index (χ4n) is 2.44. The number of halogens is 2. The number of hydrogen-bond acceptors (Lipinski definition) is 3. The number of hydrogen-bond donors (Lipinski definition) is 0. The van der Waals surface area contributed by atoms with Gasteiger partial charge in [-0.3, -0.25) is 9.69 Å². The lowest BCUT2D eigenvalue weighted by atomic mass is 10.00. The minimum Gasteiger partial charge on any atom is -0.380 e. The van der Waals surface area contributed by atoms with Crippen LogP contribution in [0.15, 0.2) is 12.1 Å². The van der Waals surface area contributed by atoms with E-state index in [1.807, 2.05) is 12.0 Å². The first-order chi connectivity index (χ1) is 10.5. The molecule has 2 aliphatic rings. The molecule has 3 heterocycles. The SMILES string of the molecule is CN1C(=O)CCCc2ccc(C#CC(F)(F)C3COC3)nc21. The summed E-state index contributed by atoms with van der Waals surface area (Å²) in [7, 11) is 1.65. The van der Waals surface area contributed by atoms with E-state index in [2.05, 4.69) is 10.9 Å². The van der Waals surface area contributed by atoms with Crippen LogP contribution in [0.3, 0.4) is 0 Å². The lowest BCUT2D eigenvalue weighted by Crippen LogP contribution is -2.41. The molecule has 22 heavy (non-hydrogen) atoms. The van der Waals surface area contributed by atoms with Gasteiger partial charge in [-0.25, -0.2) is 4.98 Å². The number of anilines is 1. The Kier molecular flexibility index (Phi) is 3.83. The van der Waals surface area contributed by atoms with E-state index in [-0.39, 0.29) is 24.8 Å². The topological polar surface area (TPSA) is 42.4 Å². The van der Waals surface area contributed by atoms with Crippen LogP contribution in [0.2, 0.25) is 0 Å². The average molecular weight is 306 g/mol. The van der Waals surface area contributed by atoms with E-state index < -0.39 is 11.8 Å². The maximum Gasteiger partial charge on any atom is 0.315 e. The largest absolute Gasteiger partial charge is 0.380 e. The lowest BCUT2D eigenvalue weighted by molar-refractivity contribution is -0.139. The van der Waals surface area contributed by atoms with E-state index in [1.165, 1.54) is 4.90 Å². The van der Waals surface area contributed by atoms with Crippen molar-refractivity contribution >= 4 is 11.7 Å². The van der Waals surface area contributed by atoms with Crippen molar-refractivity contribution in [3.05, 3.63) is 23.4 Å². The maximum atomic E-state index is 13.8. The van der Waals surface area contributed by atoms with E-state index in [0.717, 1.165) is 18.4 Å². The van der Waals surface area contributed by atoms with Gasteiger partial charge in [0.05, 0.1) is 19.1 Å². The van der Waals surface area contributed by atoms with Crippen LogP contribution in [0.4, 0.5) is 14.6 Å². The van der Waals surface area contributed by atoms with E-state index in [9.17, 15) is 13.6 Å². The monoisotopic (exact) mass is 306 g/mol. The van der Waals surface area contributed by atoms with Gasteiger partial charge in [0.1, 0.15) is 11.5 Å². The molecular weight excluding hydrogens is 290 g/mol. The fourth-order valence-corrected chi connectivity index (χ4v) is 2.44. The summed E-state index contributed by atoms with van der Waals surface area (Å²) in [5.41, 5.74) is 1.19. The molecular formula is C16H16F2N2O2. The zero-order valence-corrected chi connectivity index (χ0v) is 12.2. The summed E-state index contributed by atoms with van der Waals surface area (Å²) in [6, 6.07) is 3.44. The average Bonchev–Trinajstić information content (AvgIpc) is 2.55. The first kappa shape index (κ1) is 14.9. The van der Waals surface area contributed by atoms with Gasteiger partial charge in [0, 0.05) is 13.5 Å². The van der Waals surface area contributed by atoms with E-state index >= 15 is 0 Å². The second-order valence-corrected chi connectivity index (χ2v) is 5.59.